The molecule has 1 saturated carbocycles. The molecule has 0 unspecified atom stereocenters. The Bertz CT molecular complexity index is 1300. The molecule has 1 fully saturated rings. The van der Waals surface area contributed by atoms with Crippen LogP contribution in [0.1, 0.15) is 36.8 Å². The molecule has 1 aliphatic rings. The van der Waals surface area contributed by atoms with Crippen LogP contribution in [0.25, 0.3) is 21.5 Å². The molecule has 9 heteroatoms. The zero-order chi connectivity index (χ0) is 23.1. The number of carbonyl (C=O) groups is 1. The van der Waals surface area contributed by atoms with Gasteiger partial charge < -0.3 is 9.84 Å². The molecule has 0 heterocycles. The van der Waals surface area contributed by atoms with Crippen molar-refractivity contribution in [3.8, 4) is 0 Å². The fourth-order valence-corrected chi connectivity index (χ4v) is 4.57. The molecule has 0 aromatic heterocycles. The second-order valence-corrected chi connectivity index (χ2v) is 9.81. The molecule has 4 rings (SSSR count). The summed E-state index contributed by atoms with van der Waals surface area (Å²) in [6, 6.07) is 14.7. The van der Waals surface area contributed by atoms with E-state index in [1.165, 1.54) is 0 Å². The fourth-order valence-electron chi connectivity index (χ4n) is 4.30. The van der Waals surface area contributed by atoms with E-state index in [0.717, 1.165) is 47.4 Å². The fraction of sp³-hybridized carbons (Fsp3) is 0.348. The van der Waals surface area contributed by atoms with Crippen molar-refractivity contribution in [3.63, 3.8) is 0 Å². The maximum Gasteiger partial charge on any atom is 0.465 e. The number of hydrogen-bond acceptors (Lipinski definition) is 5. The molecule has 3 aromatic rings. The second kappa shape index (κ2) is 8.06. The number of hydrogen-bond donors (Lipinski definition) is 2. The average Bonchev–Trinajstić information content (AvgIpc) is 3.15. The van der Waals surface area contributed by atoms with Gasteiger partial charge in [0.05, 0.1) is 5.60 Å². The van der Waals surface area contributed by atoms with E-state index in [0.29, 0.717) is 17.4 Å². The van der Waals surface area contributed by atoms with Crippen molar-refractivity contribution < 1.29 is 36.4 Å². The number of rotatable bonds is 6. The van der Waals surface area contributed by atoms with Gasteiger partial charge in [-0.3, -0.25) is 4.55 Å². The Hall–Kier alpha value is -2.62. The Labute approximate surface area is 183 Å². The maximum absolute atomic E-state index is 13.5. The molecule has 0 bridgehead atoms. The van der Waals surface area contributed by atoms with E-state index in [9.17, 15) is 27.1 Å². The summed E-state index contributed by atoms with van der Waals surface area (Å²) in [5.74, 6) is -2.34. The number of ether oxygens (including phenoxy) is 1. The summed E-state index contributed by atoms with van der Waals surface area (Å²) in [6.45, 7) is -0.591. The lowest BCUT2D eigenvalue weighted by atomic mass is 9.91. The van der Waals surface area contributed by atoms with Crippen LogP contribution in [0, 0.1) is 0 Å². The van der Waals surface area contributed by atoms with Crippen molar-refractivity contribution >= 4 is 37.6 Å². The van der Waals surface area contributed by atoms with E-state index in [1.54, 1.807) is 12.1 Å². The summed E-state index contributed by atoms with van der Waals surface area (Å²) < 4.78 is 61.4. The van der Waals surface area contributed by atoms with Crippen molar-refractivity contribution in [1.82, 2.24) is 0 Å². The van der Waals surface area contributed by atoms with Crippen LogP contribution in [-0.4, -0.2) is 34.9 Å². The average molecular weight is 464 g/mol. The molecule has 32 heavy (non-hydrogen) atoms. The van der Waals surface area contributed by atoms with Gasteiger partial charge in [-0.05, 0) is 57.6 Å². The number of alkyl halides is 2. The normalized spacial score (nSPS) is 16.5. The smallest absolute Gasteiger partial charge is 0.455 e. The van der Waals surface area contributed by atoms with Crippen LogP contribution in [0.4, 0.5) is 8.78 Å². The maximum atomic E-state index is 13.5. The third-order valence-corrected chi connectivity index (χ3v) is 6.79. The van der Waals surface area contributed by atoms with Crippen LogP contribution < -0.4 is 0 Å². The number of halogens is 2. The standard InChI is InChI=1S/C23H22F2O6S/c24-23(25,32(28,29)30)21(26)31-14-18-5-3-4-17-11-16-7-6-15(10-19(16)12-20(17)18)13-22(27)8-1-2-9-22/h3-7,10-12,27H,1-2,8-9,13-14H2,(H,28,29,30). The van der Waals surface area contributed by atoms with Gasteiger partial charge >= 0.3 is 21.3 Å². The first-order valence-electron chi connectivity index (χ1n) is 10.2. The number of benzene rings is 3. The highest BCUT2D eigenvalue weighted by Gasteiger charge is 2.54. The molecule has 2 N–H and O–H groups in total. The lowest BCUT2D eigenvalue weighted by molar-refractivity contribution is -0.162. The lowest BCUT2D eigenvalue weighted by Crippen LogP contribution is -2.38. The predicted octanol–water partition coefficient (Wildman–Crippen LogP) is 4.36. The number of aliphatic hydroxyl groups is 1. The van der Waals surface area contributed by atoms with Crippen molar-refractivity contribution in [3.05, 3.63) is 59.7 Å². The lowest BCUT2D eigenvalue weighted by Gasteiger charge is -2.22. The zero-order valence-corrected chi connectivity index (χ0v) is 17.9. The Morgan fingerprint density at radius 2 is 1.75 bits per heavy atom. The van der Waals surface area contributed by atoms with Gasteiger partial charge in [0.1, 0.15) is 6.61 Å². The van der Waals surface area contributed by atoms with Gasteiger partial charge in [0.15, 0.2) is 0 Å². The first kappa shape index (κ1) is 22.6. The van der Waals surface area contributed by atoms with Crippen LogP contribution >= 0.6 is 0 Å². The van der Waals surface area contributed by atoms with Gasteiger partial charge in [-0.15, -0.1) is 0 Å². The van der Waals surface area contributed by atoms with Crippen LogP contribution in [-0.2, 0) is 32.7 Å². The summed E-state index contributed by atoms with van der Waals surface area (Å²) in [7, 11) is -5.93. The van der Waals surface area contributed by atoms with Gasteiger partial charge in [0.25, 0.3) is 0 Å². The Morgan fingerprint density at radius 3 is 2.44 bits per heavy atom. The highest BCUT2D eigenvalue weighted by Crippen LogP contribution is 2.34. The largest absolute Gasteiger partial charge is 0.465 e. The minimum Gasteiger partial charge on any atom is -0.455 e. The minimum atomic E-state index is -5.93. The molecular weight excluding hydrogens is 442 g/mol. The third kappa shape index (κ3) is 4.32. The van der Waals surface area contributed by atoms with E-state index in [1.807, 2.05) is 36.4 Å². The van der Waals surface area contributed by atoms with E-state index < -0.39 is 33.5 Å². The van der Waals surface area contributed by atoms with Crippen LogP contribution in [0.3, 0.4) is 0 Å². The van der Waals surface area contributed by atoms with E-state index >= 15 is 0 Å². The van der Waals surface area contributed by atoms with Gasteiger partial charge in [-0.2, -0.15) is 17.2 Å². The van der Waals surface area contributed by atoms with E-state index in [4.69, 9.17) is 4.55 Å². The second-order valence-electron chi connectivity index (χ2n) is 8.35. The molecule has 6 nitrogen and oxygen atoms in total. The molecular formula is C23H22F2O6S. The summed E-state index contributed by atoms with van der Waals surface area (Å²) in [5, 5.41) is 8.93. The van der Waals surface area contributed by atoms with Crippen molar-refractivity contribution in [2.45, 2.75) is 49.6 Å². The Balaban J connectivity index is 1.64. The summed E-state index contributed by atoms with van der Waals surface area (Å²) in [4.78, 5) is 11.5. The number of carbonyl (C=O) groups excluding carboxylic acids is 1. The monoisotopic (exact) mass is 464 g/mol. The van der Waals surface area contributed by atoms with Crippen molar-refractivity contribution in [1.29, 1.82) is 0 Å². The van der Waals surface area contributed by atoms with Crippen molar-refractivity contribution in [2.24, 2.45) is 0 Å². The molecule has 0 aliphatic heterocycles. The molecule has 0 radical (unpaired) electrons. The van der Waals surface area contributed by atoms with Gasteiger partial charge in [-0.1, -0.05) is 49.2 Å². The zero-order valence-electron chi connectivity index (χ0n) is 17.1. The highest BCUT2D eigenvalue weighted by molar-refractivity contribution is 7.87. The van der Waals surface area contributed by atoms with Crippen molar-refractivity contribution in [2.75, 3.05) is 0 Å². The quantitative estimate of drug-likeness (QED) is 0.319. The summed E-state index contributed by atoms with van der Waals surface area (Å²) in [6.07, 6.45) is 4.10. The molecule has 0 spiro atoms. The predicted molar refractivity (Wildman–Crippen MR) is 115 cm³/mol. The molecule has 0 amide bonds. The topological polar surface area (TPSA) is 101 Å². The van der Waals surface area contributed by atoms with Gasteiger partial charge in [-0.25, -0.2) is 4.79 Å². The number of esters is 1. The van der Waals surface area contributed by atoms with E-state index in [2.05, 4.69) is 4.74 Å². The van der Waals surface area contributed by atoms with Gasteiger partial charge in [0.2, 0.25) is 0 Å². The van der Waals surface area contributed by atoms with Gasteiger partial charge in [0, 0.05) is 6.42 Å². The molecule has 3 aromatic carbocycles. The van der Waals surface area contributed by atoms with Crippen LogP contribution in [0.5, 0.6) is 0 Å². The van der Waals surface area contributed by atoms with E-state index in [-0.39, 0.29) is 0 Å². The Morgan fingerprint density at radius 1 is 1.03 bits per heavy atom. The Kier molecular flexibility index (Phi) is 5.68. The SMILES string of the molecule is O=C(OCc1cccc2cc3ccc(CC4(O)CCCC4)cc3cc12)C(F)(F)S(=O)(=O)O. The van der Waals surface area contributed by atoms with Crippen LogP contribution in [0.2, 0.25) is 0 Å². The molecule has 0 saturated heterocycles. The highest BCUT2D eigenvalue weighted by atomic mass is 32.2. The summed E-state index contributed by atoms with van der Waals surface area (Å²) >= 11 is 0. The van der Waals surface area contributed by atoms with Crippen LogP contribution in [0.15, 0.2) is 48.5 Å². The first-order chi connectivity index (χ1) is 15.0. The molecule has 0 atom stereocenters. The molecule has 1 aliphatic carbocycles. The summed E-state index contributed by atoms with van der Waals surface area (Å²) in [5.41, 5.74) is 0.698. The molecule has 170 valence electrons. The third-order valence-electron chi connectivity index (χ3n) is 5.98. The first-order valence-corrected chi connectivity index (χ1v) is 11.6. The number of fused-ring (bicyclic) bond motifs is 2. The minimum absolute atomic E-state index is 0.406.